The Morgan fingerprint density at radius 1 is 1.39 bits per heavy atom. The molecule has 0 atom stereocenters. The van der Waals surface area contributed by atoms with Gasteiger partial charge in [-0.05, 0) is 18.6 Å². The molecule has 1 aromatic rings. The highest BCUT2D eigenvalue weighted by atomic mass is 35.5. The molecule has 1 heterocycles. The number of nitrogens with zero attached hydrogens (tertiary/aromatic N) is 2. The third-order valence-corrected chi connectivity index (χ3v) is 3.16. The molecule has 0 unspecified atom stereocenters. The van der Waals surface area contributed by atoms with Gasteiger partial charge in [0.1, 0.15) is 5.82 Å². The topological polar surface area (TPSA) is 28.2 Å². The summed E-state index contributed by atoms with van der Waals surface area (Å²) in [5.41, 5.74) is 0.922. The number of anilines is 1. The Morgan fingerprint density at radius 3 is 2.72 bits per heavy atom. The van der Waals surface area contributed by atoms with E-state index in [0.29, 0.717) is 12.6 Å². The lowest BCUT2D eigenvalue weighted by atomic mass is 10.3. The van der Waals surface area contributed by atoms with E-state index in [4.69, 9.17) is 11.6 Å². The summed E-state index contributed by atoms with van der Waals surface area (Å²) in [6, 6.07) is 4.35. The molecule has 0 saturated carbocycles. The van der Waals surface area contributed by atoms with Crippen LogP contribution in [0.3, 0.4) is 0 Å². The first kappa shape index (κ1) is 15.3. The summed E-state index contributed by atoms with van der Waals surface area (Å²) in [5, 5.41) is 4.08. The van der Waals surface area contributed by atoms with Gasteiger partial charge in [-0.3, -0.25) is 0 Å². The standard InChI is InChI=1S/C14H24ClN3/c1-5-6-9-18(4)14-8-7-12(15)13(17-14)10-16-11(2)3/h7-8,11,16H,5-6,9-10H2,1-4H3. The lowest BCUT2D eigenvalue weighted by molar-refractivity contribution is 0.581. The average molecular weight is 270 g/mol. The van der Waals surface area contributed by atoms with Crippen molar-refractivity contribution in [2.75, 3.05) is 18.5 Å². The van der Waals surface area contributed by atoms with Crippen molar-refractivity contribution in [3.05, 3.63) is 22.8 Å². The summed E-state index contributed by atoms with van der Waals surface area (Å²) >= 11 is 6.17. The number of aromatic nitrogens is 1. The van der Waals surface area contributed by atoms with Crippen molar-refractivity contribution in [1.82, 2.24) is 10.3 Å². The zero-order chi connectivity index (χ0) is 13.5. The SMILES string of the molecule is CCCCN(C)c1ccc(Cl)c(CNC(C)C)n1. The molecule has 4 heteroatoms. The van der Waals surface area contributed by atoms with Crippen LogP contribution in [0.5, 0.6) is 0 Å². The Bertz CT molecular complexity index is 366. The van der Waals surface area contributed by atoms with Crippen molar-refractivity contribution in [3.8, 4) is 0 Å². The van der Waals surface area contributed by atoms with Crippen LogP contribution in [0.2, 0.25) is 5.02 Å². The van der Waals surface area contributed by atoms with E-state index in [2.05, 4.69) is 43.0 Å². The molecule has 0 aromatic carbocycles. The Morgan fingerprint density at radius 2 is 2.11 bits per heavy atom. The number of hydrogen-bond acceptors (Lipinski definition) is 3. The first-order chi connectivity index (χ1) is 8.54. The molecule has 1 rings (SSSR count). The second kappa shape index (κ2) is 7.59. The molecule has 0 aliphatic carbocycles. The smallest absolute Gasteiger partial charge is 0.128 e. The van der Waals surface area contributed by atoms with E-state index in [0.717, 1.165) is 23.1 Å². The van der Waals surface area contributed by atoms with Gasteiger partial charge in [0.05, 0.1) is 10.7 Å². The Labute approximate surface area is 116 Å². The van der Waals surface area contributed by atoms with Crippen LogP contribution in [0.1, 0.15) is 39.3 Å². The minimum absolute atomic E-state index is 0.435. The number of halogens is 1. The summed E-state index contributed by atoms with van der Waals surface area (Å²) < 4.78 is 0. The van der Waals surface area contributed by atoms with E-state index < -0.39 is 0 Å². The molecular weight excluding hydrogens is 246 g/mol. The maximum absolute atomic E-state index is 6.17. The molecule has 0 fully saturated rings. The number of unbranched alkanes of at least 4 members (excludes halogenated alkanes) is 1. The maximum atomic E-state index is 6.17. The van der Waals surface area contributed by atoms with Gasteiger partial charge in [0, 0.05) is 26.2 Å². The molecular formula is C14H24ClN3. The van der Waals surface area contributed by atoms with Gasteiger partial charge in [0.2, 0.25) is 0 Å². The van der Waals surface area contributed by atoms with E-state index in [1.807, 2.05) is 12.1 Å². The van der Waals surface area contributed by atoms with Crippen LogP contribution < -0.4 is 10.2 Å². The van der Waals surface area contributed by atoms with Crippen LogP contribution in [0.4, 0.5) is 5.82 Å². The number of hydrogen-bond donors (Lipinski definition) is 1. The zero-order valence-electron chi connectivity index (χ0n) is 11.8. The van der Waals surface area contributed by atoms with E-state index in [-0.39, 0.29) is 0 Å². The maximum Gasteiger partial charge on any atom is 0.128 e. The van der Waals surface area contributed by atoms with Gasteiger partial charge in [-0.1, -0.05) is 38.8 Å². The van der Waals surface area contributed by atoms with Gasteiger partial charge < -0.3 is 10.2 Å². The Balaban J connectivity index is 2.73. The summed E-state index contributed by atoms with van der Waals surface area (Å²) in [5.74, 6) is 0.994. The predicted molar refractivity (Wildman–Crippen MR) is 79.4 cm³/mol. The Kier molecular flexibility index (Phi) is 6.44. The highest BCUT2D eigenvalue weighted by Gasteiger charge is 2.07. The van der Waals surface area contributed by atoms with Crippen LogP contribution >= 0.6 is 11.6 Å². The van der Waals surface area contributed by atoms with E-state index >= 15 is 0 Å². The third kappa shape index (κ3) is 4.83. The van der Waals surface area contributed by atoms with Gasteiger partial charge >= 0.3 is 0 Å². The van der Waals surface area contributed by atoms with E-state index in [9.17, 15) is 0 Å². The van der Waals surface area contributed by atoms with Crippen molar-refractivity contribution in [1.29, 1.82) is 0 Å². The minimum Gasteiger partial charge on any atom is -0.360 e. The Hall–Kier alpha value is -0.800. The average Bonchev–Trinajstić information content (AvgIpc) is 2.34. The van der Waals surface area contributed by atoms with Gasteiger partial charge in [-0.15, -0.1) is 0 Å². The van der Waals surface area contributed by atoms with Crippen molar-refractivity contribution >= 4 is 17.4 Å². The van der Waals surface area contributed by atoms with Gasteiger partial charge in [0.25, 0.3) is 0 Å². The molecule has 0 aliphatic rings. The summed E-state index contributed by atoms with van der Waals surface area (Å²) in [7, 11) is 2.07. The van der Waals surface area contributed by atoms with Crippen molar-refractivity contribution < 1.29 is 0 Å². The van der Waals surface area contributed by atoms with Gasteiger partial charge in [-0.25, -0.2) is 4.98 Å². The molecule has 0 aliphatic heterocycles. The summed E-state index contributed by atoms with van der Waals surface area (Å²) in [6.07, 6.45) is 2.38. The molecule has 0 radical (unpaired) electrons. The lowest BCUT2D eigenvalue weighted by Gasteiger charge is -2.19. The predicted octanol–water partition coefficient (Wildman–Crippen LogP) is 3.47. The fourth-order valence-corrected chi connectivity index (χ4v) is 1.79. The molecule has 3 nitrogen and oxygen atoms in total. The zero-order valence-corrected chi connectivity index (χ0v) is 12.6. The monoisotopic (exact) mass is 269 g/mol. The molecule has 0 spiro atoms. The first-order valence-electron chi connectivity index (χ1n) is 6.64. The normalized spacial score (nSPS) is 11.0. The fourth-order valence-electron chi connectivity index (χ4n) is 1.62. The highest BCUT2D eigenvalue weighted by Crippen LogP contribution is 2.19. The molecule has 1 N–H and O–H groups in total. The summed E-state index contributed by atoms with van der Waals surface area (Å²) in [4.78, 5) is 6.81. The molecule has 0 bridgehead atoms. The largest absolute Gasteiger partial charge is 0.360 e. The molecule has 0 amide bonds. The quantitative estimate of drug-likeness (QED) is 0.822. The second-order valence-electron chi connectivity index (χ2n) is 4.91. The summed E-state index contributed by atoms with van der Waals surface area (Å²) in [6.45, 7) is 8.17. The van der Waals surface area contributed by atoms with Crippen LogP contribution in [-0.2, 0) is 6.54 Å². The van der Waals surface area contributed by atoms with Crippen LogP contribution in [-0.4, -0.2) is 24.6 Å². The van der Waals surface area contributed by atoms with E-state index in [1.54, 1.807) is 0 Å². The number of nitrogens with one attached hydrogen (secondary N) is 1. The van der Waals surface area contributed by atoms with Gasteiger partial charge in [-0.2, -0.15) is 0 Å². The fraction of sp³-hybridized carbons (Fsp3) is 0.643. The van der Waals surface area contributed by atoms with E-state index in [1.165, 1.54) is 12.8 Å². The molecule has 102 valence electrons. The second-order valence-corrected chi connectivity index (χ2v) is 5.32. The van der Waals surface area contributed by atoms with Gasteiger partial charge in [0.15, 0.2) is 0 Å². The molecule has 0 saturated heterocycles. The first-order valence-corrected chi connectivity index (χ1v) is 7.02. The van der Waals surface area contributed by atoms with Crippen molar-refractivity contribution in [2.24, 2.45) is 0 Å². The highest BCUT2D eigenvalue weighted by molar-refractivity contribution is 6.31. The van der Waals surface area contributed by atoms with Crippen molar-refractivity contribution in [2.45, 2.75) is 46.2 Å². The van der Waals surface area contributed by atoms with Crippen LogP contribution in [0.15, 0.2) is 12.1 Å². The van der Waals surface area contributed by atoms with Crippen LogP contribution in [0, 0.1) is 0 Å². The third-order valence-electron chi connectivity index (χ3n) is 2.82. The van der Waals surface area contributed by atoms with Crippen LogP contribution in [0.25, 0.3) is 0 Å². The number of rotatable bonds is 7. The minimum atomic E-state index is 0.435. The molecule has 18 heavy (non-hydrogen) atoms. The number of pyridine rings is 1. The molecule has 1 aromatic heterocycles. The lowest BCUT2D eigenvalue weighted by Crippen LogP contribution is -2.24. The van der Waals surface area contributed by atoms with Crippen molar-refractivity contribution in [3.63, 3.8) is 0 Å².